The fourth-order valence-corrected chi connectivity index (χ4v) is 3.74. The Hall–Kier alpha value is -3.35. The summed E-state index contributed by atoms with van der Waals surface area (Å²) in [6.45, 7) is 3.22. The standard InChI is InChI=1S/C23H27N5O2/c1-17-8-5-6-9-20(17)24-23(29)28(18-11-13-19(30-2)14-12-18)16-22-26-25-21-10-4-3-7-15-27(21)22/h5-6,8-9,11-14H,3-4,7,10,15-16H2,1-2H3,(H,24,29). The Kier molecular flexibility index (Phi) is 5.97. The molecule has 2 amide bonds. The summed E-state index contributed by atoms with van der Waals surface area (Å²) in [5.41, 5.74) is 2.57. The predicted octanol–water partition coefficient (Wildman–Crippen LogP) is 4.56. The van der Waals surface area contributed by atoms with Crippen molar-refractivity contribution in [2.45, 2.75) is 45.7 Å². The number of aryl methyl sites for hydroxylation is 2. The number of hydrogen-bond donors (Lipinski definition) is 1. The van der Waals surface area contributed by atoms with Crippen molar-refractivity contribution in [3.8, 4) is 5.75 Å². The summed E-state index contributed by atoms with van der Waals surface area (Å²) in [5, 5.41) is 11.8. The number of nitrogens with one attached hydrogen (secondary N) is 1. The van der Waals surface area contributed by atoms with Gasteiger partial charge in [-0.3, -0.25) is 4.90 Å². The molecule has 0 saturated carbocycles. The molecule has 7 nitrogen and oxygen atoms in total. The first kappa shape index (κ1) is 19.9. The van der Waals surface area contributed by atoms with Crippen LogP contribution in [-0.2, 0) is 19.5 Å². The van der Waals surface area contributed by atoms with Crippen molar-refractivity contribution in [1.82, 2.24) is 14.8 Å². The summed E-state index contributed by atoms with van der Waals surface area (Å²) in [7, 11) is 1.63. The molecule has 0 unspecified atom stereocenters. The van der Waals surface area contributed by atoms with Crippen molar-refractivity contribution >= 4 is 17.4 Å². The summed E-state index contributed by atoms with van der Waals surface area (Å²) >= 11 is 0. The third-order valence-electron chi connectivity index (χ3n) is 5.50. The van der Waals surface area contributed by atoms with Gasteiger partial charge >= 0.3 is 6.03 Å². The van der Waals surface area contributed by atoms with E-state index in [1.165, 1.54) is 6.42 Å². The van der Waals surface area contributed by atoms with Crippen LogP contribution in [0.3, 0.4) is 0 Å². The number of anilines is 2. The summed E-state index contributed by atoms with van der Waals surface area (Å²) in [5.74, 6) is 2.56. The van der Waals surface area contributed by atoms with Crippen molar-refractivity contribution in [3.05, 3.63) is 65.7 Å². The van der Waals surface area contributed by atoms with Gasteiger partial charge in [-0.2, -0.15) is 0 Å². The Bertz CT molecular complexity index is 1010. The predicted molar refractivity (Wildman–Crippen MR) is 117 cm³/mol. The van der Waals surface area contributed by atoms with E-state index in [2.05, 4.69) is 20.1 Å². The normalized spacial score (nSPS) is 13.3. The third-order valence-corrected chi connectivity index (χ3v) is 5.50. The zero-order valence-electron chi connectivity index (χ0n) is 17.5. The first-order chi connectivity index (χ1) is 14.7. The first-order valence-electron chi connectivity index (χ1n) is 10.3. The highest BCUT2D eigenvalue weighted by Gasteiger charge is 2.22. The van der Waals surface area contributed by atoms with E-state index in [-0.39, 0.29) is 6.03 Å². The lowest BCUT2D eigenvalue weighted by molar-refractivity contribution is 0.256. The van der Waals surface area contributed by atoms with Gasteiger partial charge in [0.15, 0.2) is 5.82 Å². The minimum absolute atomic E-state index is 0.208. The number of benzene rings is 2. The first-order valence-corrected chi connectivity index (χ1v) is 10.3. The second kappa shape index (κ2) is 8.98. The van der Waals surface area contributed by atoms with Crippen LogP contribution in [0, 0.1) is 6.92 Å². The molecule has 1 aliphatic heterocycles. The molecule has 0 radical (unpaired) electrons. The van der Waals surface area contributed by atoms with Gasteiger partial charge in [0.1, 0.15) is 11.6 Å². The summed E-state index contributed by atoms with van der Waals surface area (Å²) in [6.07, 6.45) is 4.37. The zero-order chi connectivity index (χ0) is 20.9. The number of methoxy groups -OCH3 is 1. The molecule has 156 valence electrons. The van der Waals surface area contributed by atoms with Gasteiger partial charge in [0.05, 0.1) is 13.7 Å². The van der Waals surface area contributed by atoms with E-state index >= 15 is 0 Å². The maximum Gasteiger partial charge on any atom is 0.326 e. The number of fused-ring (bicyclic) bond motifs is 1. The molecule has 0 spiro atoms. The van der Waals surface area contributed by atoms with Gasteiger partial charge in [-0.05, 0) is 55.7 Å². The monoisotopic (exact) mass is 405 g/mol. The molecular weight excluding hydrogens is 378 g/mol. The highest BCUT2D eigenvalue weighted by atomic mass is 16.5. The molecule has 2 aromatic carbocycles. The van der Waals surface area contributed by atoms with Crippen LogP contribution in [0.15, 0.2) is 48.5 Å². The molecule has 1 aromatic heterocycles. The Morgan fingerprint density at radius 3 is 2.67 bits per heavy atom. The van der Waals surface area contributed by atoms with Crippen LogP contribution in [0.5, 0.6) is 5.75 Å². The van der Waals surface area contributed by atoms with Crippen LogP contribution in [0.1, 0.15) is 36.5 Å². The van der Waals surface area contributed by atoms with Crippen LogP contribution in [0.2, 0.25) is 0 Å². The maximum atomic E-state index is 13.3. The number of para-hydroxylation sites is 1. The van der Waals surface area contributed by atoms with Gasteiger partial charge in [-0.15, -0.1) is 10.2 Å². The molecule has 0 atom stereocenters. The Morgan fingerprint density at radius 2 is 1.90 bits per heavy atom. The second-order valence-electron chi connectivity index (χ2n) is 7.52. The smallest absolute Gasteiger partial charge is 0.326 e. The summed E-state index contributed by atoms with van der Waals surface area (Å²) in [4.78, 5) is 15.0. The van der Waals surface area contributed by atoms with E-state index in [1.807, 2.05) is 55.5 Å². The molecule has 30 heavy (non-hydrogen) atoms. The molecule has 7 heteroatoms. The molecule has 0 saturated heterocycles. The van der Waals surface area contributed by atoms with Gasteiger partial charge in [0, 0.05) is 24.3 Å². The van der Waals surface area contributed by atoms with Crippen molar-refractivity contribution in [2.24, 2.45) is 0 Å². The van der Waals surface area contributed by atoms with Gasteiger partial charge in [-0.25, -0.2) is 4.79 Å². The molecule has 2 heterocycles. The lowest BCUT2D eigenvalue weighted by Crippen LogP contribution is -2.35. The van der Waals surface area contributed by atoms with Gasteiger partial charge < -0.3 is 14.6 Å². The molecule has 1 N–H and O–H groups in total. The van der Waals surface area contributed by atoms with Crippen LogP contribution in [0.25, 0.3) is 0 Å². The summed E-state index contributed by atoms with van der Waals surface area (Å²) in [6, 6.07) is 15.0. The molecule has 0 fully saturated rings. The van der Waals surface area contributed by atoms with E-state index in [0.717, 1.165) is 60.1 Å². The molecule has 0 bridgehead atoms. The third kappa shape index (κ3) is 4.30. The van der Waals surface area contributed by atoms with E-state index in [4.69, 9.17) is 4.74 Å². The zero-order valence-corrected chi connectivity index (χ0v) is 17.5. The van der Waals surface area contributed by atoms with Crippen molar-refractivity contribution in [2.75, 3.05) is 17.3 Å². The van der Waals surface area contributed by atoms with Crippen LogP contribution in [-0.4, -0.2) is 27.9 Å². The minimum Gasteiger partial charge on any atom is -0.497 e. The van der Waals surface area contributed by atoms with Crippen molar-refractivity contribution in [3.63, 3.8) is 0 Å². The number of nitrogens with zero attached hydrogens (tertiary/aromatic N) is 4. The molecule has 4 rings (SSSR count). The quantitative estimate of drug-likeness (QED) is 0.675. The van der Waals surface area contributed by atoms with Crippen LogP contribution in [0.4, 0.5) is 16.2 Å². The molecule has 3 aromatic rings. The summed E-state index contributed by atoms with van der Waals surface area (Å²) < 4.78 is 7.44. The van der Waals surface area contributed by atoms with Crippen LogP contribution >= 0.6 is 0 Å². The number of carbonyl (C=O) groups excluding carboxylic acids is 1. The maximum absolute atomic E-state index is 13.3. The second-order valence-corrected chi connectivity index (χ2v) is 7.52. The van der Waals surface area contributed by atoms with E-state index in [0.29, 0.717) is 6.54 Å². The van der Waals surface area contributed by atoms with E-state index < -0.39 is 0 Å². The van der Waals surface area contributed by atoms with Crippen LogP contribution < -0.4 is 15.0 Å². The van der Waals surface area contributed by atoms with Gasteiger partial charge in [0.2, 0.25) is 0 Å². The Labute approximate surface area is 176 Å². The SMILES string of the molecule is COc1ccc(N(Cc2nnc3n2CCCCC3)C(=O)Nc2ccccc2C)cc1. The Morgan fingerprint density at radius 1 is 1.10 bits per heavy atom. The molecule has 1 aliphatic rings. The average Bonchev–Trinajstić information content (AvgIpc) is 2.99. The Balaban J connectivity index is 1.64. The molecule has 0 aliphatic carbocycles. The highest BCUT2D eigenvalue weighted by Crippen LogP contribution is 2.24. The largest absolute Gasteiger partial charge is 0.497 e. The van der Waals surface area contributed by atoms with Crippen molar-refractivity contribution in [1.29, 1.82) is 0 Å². The number of aromatic nitrogens is 3. The fraction of sp³-hybridized carbons (Fsp3) is 0.348. The highest BCUT2D eigenvalue weighted by molar-refractivity contribution is 6.02. The number of rotatable bonds is 5. The number of hydrogen-bond acceptors (Lipinski definition) is 4. The van der Waals surface area contributed by atoms with E-state index in [1.54, 1.807) is 12.0 Å². The lowest BCUT2D eigenvalue weighted by Gasteiger charge is -2.24. The topological polar surface area (TPSA) is 72.3 Å². The fourth-order valence-electron chi connectivity index (χ4n) is 3.74. The van der Waals surface area contributed by atoms with Gasteiger partial charge in [-0.1, -0.05) is 24.6 Å². The average molecular weight is 406 g/mol. The van der Waals surface area contributed by atoms with E-state index in [9.17, 15) is 4.79 Å². The lowest BCUT2D eigenvalue weighted by atomic mass is 10.2. The number of urea groups is 1. The minimum atomic E-state index is -0.208. The van der Waals surface area contributed by atoms with Crippen molar-refractivity contribution < 1.29 is 9.53 Å². The number of carbonyl (C=O) groups is 1. The molecular formula is C23H27N5O2. The van der Waals surface area contributed by atoms with Gasteiger partial charge in [0.25, 0.3) is 0 Å². The number of ether oxygens (including phenoxy) is 1. The number of amides is 2.